The molecule has 0 atom stereocenters. The van der Waals surface area contributed by atoms with Gasteiger partial charge in [0.25, 0.3) is 0 Å². The first-order valence-corrected chi connectivity index (χ1v) is 5.79. The molecule has 0 saturated carbocycles. The summed E-state index contributed by atoms with van der Waals surface area (Å²) in [5, 5.41) is 0. The molecule has 0 aliphatic carbocycles. The van der Waals surface area contributed by atoms with Crippen LogP contribution in [0.2, 0.25) is 0 Å². The summed E-state index contributed by atoms with van der Waals surface area (Å²) in [6.45, 7) is 4.31. The van der Waals surface area contributed by atoms with Crippen LogP contribution in [0.3, 0.4) is 0 Å². The molecule has 0 heterocycles. The van der Waals surface area contributed by atoms with E-state index < -0.39 is 0 Å². The van der Waals surface area contributed by atoms with Crippen molar-refractivity contribution in [2.24, 2.45) is 0 Å². The van der Waals surface area contributed by atoms with Crippen LogP contribution in [0.4, 0.5) is 0 Å². The summed E-state index contributed by atoms with van der Waals surface area (Å²) in [6.07, 6.45) is 4.52. The lowest BCUT2D eigenvalue weighted by Gasteiger charge is -1.99. The molecule has 1 heteroatoms. The minimum atomic E-state index is 0.400. The number of aryl methyl sites for hydroxylation is 2. The van der Waals surface area contributed by atoms with E-state index in [4.69, 9.17) is 0 Å². The zero-order valence-corrected chi connectivity index (χ0v) is 8.46. The Kier molecular flexibility index (Phi) is 2.61. The molecule has 11 heavy (non-hydrogen) atoms. The zero-order valence-electron chi connectivity index (χ0n) is 7.64. The second-order valence-corrected chi connectivity index (χ2v) is 5.24. The molecule has 1 rings (SSSR count). The lowest BCUT2D eigenvalue weighted by molar-refractivity contribution is 1.29. The highest BCUT2D eigenvalue weighted by molar-refractivity contribution is 7.95. The van der Waals surface area contributed by atoms with Gasteiger partial charge in [-0.3, -0.25) is 0 Å². The molecule has 0 nitrogen and oxygen atoms in total. The second-order valence-electron chi connectivity index (χ2n) is 3.14. The van der Waals surface area contributed by atoms with Crippen LogP contribution in [-0.2, 0) is 10.9 Å². The maximum absolute atomic E-state index is 2.27. The fraction of sp³-hybridized carbons (Fsp3) is 0.400. The van der Waals surface area contributed by atoms with Crippen molar-refractivity contribution < 1.29 is 0 Å². The largest absolute Gasteiger partial charge is 0.154 e. The van der Waals surface area contributed by atoms with Gasteiger partial charge in [-0.25, -0.2) is 0 Å². The van der Waals surface area contributed by atoms with Gasteiger partial charge in [0.2, 0.25) is 0 Å². The molecule has 0 aromatic heterocycles. The molecule has 60 valence electrons. The van der Waals surface area contributed by atoms with E-state index in [2.05, 4.69) is 44.6 Å². The van der Waals surface area contributed by atoms with Crippen molar-refractivity contribution in [1.82, 2.24) is 0 Å². The average molecular weight is 167 g/mol. The summed E-state index contributed by atoms with van der Waals surface area (Å²) < 4.78 is 0. The molecule has 0 amide bonds. The smallest absolute Gasteiger partial charge is 0.0560 e. The van der Waals surface area contributed by atoms with Crippen LogP contribution in [0.1, 0.15) is 11.1 Å². The molecule has 0 bridgehead atoms. The third-order valence-electron chi connectivity index (χ3n) is 1.67. The van der Waals surface area contributed by atoms with Crippen molar-refractivity contribution in [3.63, 3.8) is 0 Å². The van der Waals surface area contributed by atoms with Crippen LogP contribution >= 0.6 is 0 Å². The van der Waals surface area contributed by atoms with E-state index in [1.165, 1.54) is 16.0 Å². The first kappa shape index (κ1) is 8.66. The van der Waals surface area contributed by atoms with E-state index >= 15 is 0 Å². The van der Waals surface area contributed by atoms with E-state index in [-0.39, 0.29) is 0 Å². The van der Waals surface area contributed by atoms with Gasteiger partial charge in [-0.05, 0) is 37.1 Å². The SMILES string of the molecule is Cc1cc(C)cc([S+](C)C)c1. The molecule has 0 spiro atoms. The van der Waals surface area contributed by atoms with E-state index in [1.54, 1.807) is 0 Å². The maximum atomic E-state index is 2.27. The van der Waals surface area contributed by atoms with E-state index in [9.17, 15) is 0 Å². The Balaban J connectivity index is 3.08. The van der Waals surface area contributed by atoms with Gasteiger partial charge in [0.15, 0.2) is 4.90 Å². The molecule has 0 aliphatic rings. The molecule has 0 radical (unpaired) electrons. The number of rotatable bonds is 1. The minimum absolute atomic E-state index is 0.400. The number of hydrogen-bond donors (Lipinski definition) is 0. The highest BCUT2D eigenvalue weighted by atomic mass is 32.2. The molecule has 0 saturated heterocycles. The van der Waals surface area contributed by atoms with Crippen LogP contribution in [-0.4, -0.2) is 12.5 Å². The van der Waals surface area contributed by atoms with Gasteiger partial charge in [0.1, 0.15) is 12.5 Å². The van der Waals surface area contributed by atoms with Crippen LogP contribution in [0.15, 0.2) is 23.1 Å². The monoisotopic (exact) mass is 167 g/mol. The summed E-state index contributed by atoms with van der Waals surface area (Å²) in [7, 11) is 0.400. The van der Waals surface area contributed by atoms with Crippen LogP contribution in [0.25, 0.3) is 0 Å². The van der Waals surface area contributed by atoms with Crippen molar-refractivity contribution in [1.29, 1.82) is 0 Å². The normalized spacial score (nSPS) is 10.6. The third kappa shape index (κ3) is 2.26. The molecule has 1 aromatic carbocycles. The summed E-state index contributed by atoms with van der Waals surface area (Å²) in [5.41, 5.74) is 2.75. The predicted octanol–water partition coefficient (Wildman–Crippen LogP) is 2.54. The molecule has 1 aromatic rings. The van der Waals surface area contributed by atoms with Crippen molar-refractivity contribution in [3.8, 4) is 0 Å². The molecular weight excluding hydrogens is 152 g/mol. The van der Waals surface area contributed by atoms with Crippen molar-refractivity contribution in [3.05, 3.63) is 29.3 Å². The summed E-state index contributed by atoms with van der Waals surface area (Å²) in [6, 6.07) is 6.77. The van der Waals surface area contributed by atoms with Crippen molar-refractivity contribution in [2.45, 2.75) is 18.7 Å². The maximum Gasteiger partial charge on any atom is 0.154 e. The van der Waals surface area contributed by atoms with Crippen molar-refractivity contribution in [2.75, 3.05) is 12.5 Å². The highest BCUT2D eigenvalue weighted by Crippen LogP contribution is 2.13. The van der Waals surface area contributed by atoms with Gasteiger partial charge in [-0.1, -0.05) is 6.07 Å². The van der Waals surface area contributed by atoms with E-state index in [0.717, 1.165) is 0 Å². The minimum Gasteiger partial charge on any atom is -0.0560 e. The van der Waals surface area contributed by atoms with Gasteiger partial charge in [-0.2, -0.15) is 0 Å². The Morgan fingerprint density at radius 3 is 1.73 bits per heavy atom. The lowest BCUT2D eigenvalue weighted by Crippen LogP contribution is -1.96. The third-order valence-corrected chi connectivity index (χ3v) is 2.85. The standard InChI is InChI=1S/C10H15S/c1-8-5-9(2)7-10(6-8)11(3)4/h5-7H,1-4H3/q+1. The fourth-order valence-corrected chi connectivity index (χ4v) is 2.01. The Bertz CT molecular complexity index is 231. The average Bonchev–Trinajstić information content (AvgIpc) is 1.85. The molecular formula is C10H15S+. The lowest BCUT2D eigenvalue weighted by atomic mass is 10.2. The topological polar surface area (TPSA) is 0 Å². The van der Waals surface area contributed by atoms with Gasteiger partial charge >= 0.3 is 0 Å². The Hall–Kier alpha value is -0.430. The van der Waals surface area contributed by atoms with Crippen molar-refractivity contribution >= 4 is 10.9 Å². The summed E-state index contributed by atoms with van der Waals surface area (Å²) >= 11 is 0. The van der Waals surface area contributed by atoms with Gasteiger partial charge in [-0.15, -0.1) is 0 Å². The Morgan fingerprint density at radius 2 is 1.36 bits per heavy atom. The number of hydrogen-bond acceptors (Lipinski definition) is 0. The second kappa shape index (κ2) is 3.31. The van der Waals surface area contributed by atoms with Crippen LogP contribution < -0.4 is 0 Å². The number of benzene rings is 1. The summed E-state index contributed by atoms with van der Waals surface area (Å²) in [4.78, 5) is 1.47. The Labute approximate surface area is 72.0 Å². The quantitative estimate of drug-likeness (QED) is 0.564. The molecule has 0 unspecified atom stereocenters. The first-order chi connectivity index (χ1) is 5.09. The van der Waals surface area contributed by atoms with E-state index in [1.807, 2.05) is 0 Å². The van der Waals surface area contributed by atoms with E-state index in [0.29, 0.717) is 10.9 Å². The molecule has 0 N–H and O–H groups in total. The first-order valence-electron chi connectivity index (χ1n) is 3.75. The summed E-state index contributed by atoms with van der Waals surface area (Å²) in [5.74, 6) is 0. The van der Waals surface area contributed by atoms with Gasteiger partial charge < -0.3 is 0 Å². The fourth-order valence-electron chi connectivity index (χ4n) is 1.17. The molecule has 0 aliphatic heterocycles. The molecule has 0 fully saturated rings. The van der Waals surface area contributed by atoms with Crippen LogP contribution in [0.5, 0.6) is 0 Å². The predicted molar refractivity (Wildman–Crippen MR) is 53.4 cm³/mol. The highest BCUT2D eigenvalue weighted by Gasteiger charge is 2.07. The zero-order chi connectivity index (χ0) is 8.43. The Morgan fingerprint density at radius 1 is 0.909 bits per heavy atom. The van der Waals surface area contributed by atoms with Crippen LogP contribution in [0, 0.1) is 13.8 Å². The van der Waals surface area contributed by atoms with Gasteiger partial charge in [0.05, 0.1) is 0 Å². The van der Waals surface area contributed by atoms with Gasteiger partial charge in [0, 0.05) is 10.9 Å².